The fourth-order valence-corrected chi connectivity index (χ4v) is 19.2. The van der Waals surface area contributed by atoms with Gasteiger partial charge in [-0.3, -0.25) is 0 Å². The maximum absolute atomic E-state index is 5.21. The lowest BCUT2D eigenvalue weighted by molar-refractivity contribution is 1.07. The summed E-state index contributed by atoms with van der Waals surface area (Å²) in [5, 5.41) is 0. The van der Waals surface area contributed by atoms with Crippen LogP contribution in [-0.2, 0) is 0 Å². The fraction of sp³-hybridized carbons (Fsp3) is 0.0420. The van der Waals surface area contributed by atoms with Gasteiger partial charge in [-0.25, -0.2) is 34.9 Å². The Balaban J connectivity index is 0.000000127. The van der Waals surface area contributed by atoms with Gasteiger partial charge in [0.05, 0.1) is 17.1 Å². The lowest BCUT2D eigenvalue weighted by Crippen LogP contribution is -2.00. The van der Waals surface area contributed by atoms with E-state index in [2.05, 4.69) is 466 Å². The first-order valence-electron chi connectivity index (χ1n) is 51.0. The van der Waals surface area contributed by atoms with Crippen LogP contribution in [0.3, 0.4) is 0 Å². The van der Waals surface area contributed by atoms with Crippen molar-refractivity contribution in [2.75, 3.05) is 0 Å². The molecule has 0 amide bonds. The Morgan fingerprint density at radius 3 is 0.567 bits per heavy atom. The van der Waals surface area contributed by atoms with Gasteiger partial charge in [0.25, 0.3) is 0 Å². The first-order chi connectivity index (χ1) is 73.7. The van der Waals surface area contributed by atoms with E-state index in [-0.39, 0.29) is 0 Å². The number of nitrogens with zero attached hydrogens (tertiary/aromatic N) is 7. The molecule has 0 aliphatic rings. The Morgan fingerprint density at radius 1 is 0.113 bits per heavy atom. The van der Waals surface area contributed by atoms with E-state index in [4.69, 9.17) is 34.9 Å². The Labute approximate surface area is 878 Å². The lowest BCUT2D eigenvalue weighted by atomic mass is 9.90. The molecule has 7 heteroatoms. The number of aryl methyl sites for hydroxylation is 6. The van der Waals surface area contributed by atoms with Crippen LogP contribution in [0.4, 0.5) is 0 Å². The molecule has 0 unspecified atom stereocenters. The minimum Gasteiger partial charge on any atom is -0.236 e. The lowest BCUT2D eigenvalue weighted by Gasteiger charge is -2.16. The first-order valence-corrected chi connectivity index (χ1v) is 51.0. The zero-order chi connectivity index (χ0) is 102. The van der Waals surface area contributed by atoms with Gasteiger partial charge in [-0.2, -0.15) is 0 Å². The highest BCUT2D eigenvalue weighted by Gasteiger charge is 2.22. The van der Waals surface area contributed by atoms with Gasteiger partial charge < -0.3 is 0 Å². The largest absolute Gasteiger partial charge is 0.236 e. The van der Waals surface area contributed by atoms with Crippen molar-refractivity contribution in [3.8, 4) is 235 Å². The van der Waals surface area contributed by atoms with Crippen LogP contribution in [0.15, 0.2) is 540 Å². The first kappa shape index (κ1) is 95.6. The second-order valence-electron chi connectivity index (χ2n) is 38.5. The highest BCUT2D eigenvalue weighted by atomic mass is 15.0. The van der Waals surface area contributed by atoms with Crippen LogP contribution in [0.1, 0.15) is 33.4 Å². The number of aromatic nitrogens is 7. The SMILES string of the molecule is Cc1ccc(-c2cccc(-c3cc(-c4cccc(-c5ccc(C)cc5)c4)cc(-c4cc(-c5ccccc5)nc(-c5ccccc5)n4)c3)c2)cc1.Cc1ccc(-c2cccc(-c3cc(-c4cccc(-c5ccc(C)cc5)c4)cc(-c4cnc(-c5ccccc5)nc4-c4ccccc4)c3)c2)cc1.Cc1ccc(-c2cccc(-c3cc(-c4cccc(-c5ccc(C)cc5)c4)cc(-c4nc(-c5ccccc5)nc(-c5ccccc5)n4)c3)c2)cc1. The van der Waals surface area contributed by atoms with Crippen LogP contribution in [0.25, 0.3) is 235 Å². The van der Waals surface area contributed by atoms with E-state index in [1.807, 2.05) is 115 Å². The highest BCUT2D eigenvalue weighted by Crippen LogP contribution is 2.44. The number of rotatable bonds is 21. The molecule has 0 spiro atoms. The smallest absolute Gasteiger partial charge is 0.164 e. The van der Waals surface area contributed by atoms with Gasteiger partial charge in [0.2, 0.25) is 0 Å². The average Bonchev–Trinajstić information content (AvgIpc) is 0.791. The van der Waals surface area contributed by atoms with Gasteiger partial charge in [-0.1, -0.05) is 470 Å². The van der Waals surface area contributed by atoms with Crippen LogP contribution >= 0.6 is 0 Å². The van der Waals surface area contributed by atoms with Crippen molar-refractivity contribution >= 4 is 0 Å². The third kappa shape index (κ3) is 22.5. The summed E-state index contributed by atoms with van der Waals surface area (Å²) in [6.45, 7) is 12.7. The second-order valence-corrected chi connectivity index (χ2v) is 38.5. The van der Waals surface area contributed by atoms with Crippen molar-refractivity contribution in [3.63, 3.8) is 0 Å². The zero-order valence-electron chi connectivity index (χ0n) is 84.5. The Morgan fingerprint density at radius 2 is 0.300 bits per heavy atom. The molecule has 0 atom stereocenters. The number of hydrogen-bond acceptors (Lipinski definition) is 7. The van der Waals surface area contributed by atoms with E-state index in [0.29, 0.717) is 29.1 Å². The molecule has 0 aliphatic carbocycles. The standard InChI is InChI=1S/2C48H36N2.C47H35N3/c1-33-19-23-35(24-20-33)39-15-9-17-41(27-39)43-29-44(42-18-10-16-40(28-42)36-25-21-34(2)22-26-36)31-45(30-43)46-32-49-48(38-13-7-4-8-14-38)50-47(46)37-11-5-3-6-12-37;1-33-19-23-35(24-20-33)39-15-9-17-41(27-39)43-29-44(42-18-10-16-40(28-42)36-25-21-34(2)22-26-36)31-45(30-43)47-32-46(37-11-5-3-6-12-37)49-48(50-47)38-13-7-4-8-14-38;1-32-19-23-34(24-20-32)38-15-9-17-40(27-38)42-29-43(41-18-10-16-39(28-41)35-25-21-33(2)22-26-35)31-44(30-42)47-49-45(36-11-5-3-6-12-36)48-46(50-47)37-13-7-4-8-14-37/h2*3-32H,1-2H3;3-31H,1-2H3. The molecule has 0 N–H and O–H groups in total. The molecule has 0 saturated carbocycles. The van der Waals surface area contributed by atoms with Gasteiger partial charge in [0.1, 0.15) is 0 Å². The molecule has 3 aromatic heterocycles. The summed E-state index contributed by atoms with van der Waals surface area (Å²) >= 11 is 0. The summed E-state index contributed by atoms with van der Waals surface area (Å²) in [4.78, 5) is 35.5. The summed E-state index contributed by atoms with van der Waals surface area (Å²) in [7, 11) is 0. The van der Waals surface area contributed by atoms with Crippen molar-refractivity contribution in [1.29, 1.82) is 0 Å². The molecule has 0 aliphatic heterocycles. The van der Waals surface area contributed by atoms with Gasteiger partial charge in [0.15, 0.2) is 29.1 Å². The summed E-state index contributed by atoms with van der Waals surface area (Å²) in [5.74, 6) is 3.33. The van der Waals surface area contributed by atoms with E-state index in [9.17, 15) is 0 Å². The molecule has 0 fully saturated rings. The monoisotopic (exact) mass is 1920 g/mol. The molecule has 0 radical (unpaired) electrons. The maximum atomic E-state index is 5.21. The molecule has 24 aromatic rings. The summed E-state index contributed by atoms with van der Waals surface area (Å²) < 4.78 is 0. The van der Waals surface area contributed by atoms with Crippen LogP contribution in [0.2, 0.25) is 0 Å². The van der Waals surface area contributed by atoms with Crippen molar-refractivity contribution in [3.05, 3.63) is 573 Å². The molecule has 7 nitrogen and oxygen atoms in total. The maximum Gasteiger partial charge on any atom is 0.164 e. The summed E-state index contributed by atoms with van der Waals surface area (Å²) in [5.41, 5.74) is 48.1. The zero-order valence-corrected chi connectivity index (χ0v) is 84.5. The Bertz CT molecular complexity index is 8100. The van der Waals surface area contributed by atoms with Crippen LogP contribution in [-0.4, -0.2) is 34.9 Å². The molecule has 0 saturated heterocycles. The fourth-order valence-electron chi connectivity index (χ4n) is 19.2. The van der Waals surface area contributed by atoms with Crippen LogP contribution < -0.4 is 0 Å². The third-order valence-corrected chi connectivity index (χ3v) is 27.5. The van der Waals surface area contributed by atoms with Crippen molar-refractivity contribution in [1.82, 2.24) is 34.9 Å². The topological polar surface area (TPSA) is 90.2 Å². The Kier molecular flexibility index (Phi) is 28.2. The van der Waals surface area contributed by atoms with E-state index in [1.54, 1.807) is 0 Å². The molecule has 24 rings (SSSR count). The minimum atomic E-state index is 0.630. The van der Waals surface area contributed by atoms with E-state index < -0.39 is 0 Å². The summed E-state index contributed by atoms with van der Waals surface area (Å²) in [6, 6.07) is 189. The van der Waals surface area contributed by atoms with Gasteiger partial charge >= 0.3 is 0 Å². The quantitative estimate of drug-likeness (QED) is 0.0708. The van der Waals surface area contributed by atoms with E-state index in [1.165, 1.54) is 100 Å². The van der Waals surface area contributed by atoms with Crippen molar-refractivity contribution in [2.45, 2.75) is 41.5 Å². The predicted octanol–water partition coefficient (Wildman–Crippen LogP) is 37.7. The molecule has 0 bridgehead atoms. The highest BCUT2D eigenvalue weighted by molar-refractivity contribution is 5.92. The normalized spacial score (nSPS) is 11.0. The van der Waals surface area contributed by atoms with Crippen molar-refractivity contribution in [2.24, 2.45) is 0 Å². The van der Waals surface area contributed by atoms with E-state index >= 15 is 0 Å². The predicted molar refractivity (Wildman–Crippen MR) is 626 cm³/mol. The van der Waals surface area contributed by atoms with Crippen LogP contribution in [0, 0.1) is 41.5 Å². The average molecular weight is 1920 g/mol. The molecular weight excluding hydrogens is 1820 g/mol. The third-order valence-electron chi connectivity index (χ3n) is 27.5. The van der Waals surface area contributed by atoms with Crippen LogP contribution in [0.5, 0.6) is 0 Å². The molecule has 714 valence electrons. The molecule has 150 heavy (non-hydrogen) atoms. The number of hydrogen-bond donors (Lipinski definition) is 0. The Hall–Kier alpha value is -19.2. The summed E-state index contributed by atoms with van der Waals surface area (Å²) in [6.07, 6.45) is 1.99. The van der Waals surface area contributed by atoms with E-state index in [0.717, 1.165) is 139 Å². The minimum absolute atomic E-state index is 0.630. The van der Waals surface area contributed by atoms with Gasteiger partial charge in [-0.15, -0.1) is 0 Å². The van der Waals surface area contributed by atoms with Gasteiger partial charge in [0, 0.05) is 56.3 Å². The molecule has 3 heterocycles. The van der Waals surface area contributed by atoms with Gasteiger partial charge in [-0.05, 0) is 278 Å². The second kappa shape index (κ2) is 44.2. The number of benzene rings is 21. The molecular formula is C143H107N7. The molecule has 21 aromatic carbocycles. The van der Waals surface area contributed by atoms with Crippen molar-refractivity contribution < 1.29 is 0 Å².